The molecule has 1 unspecified atom stereocenters. The van der Waals surface area contributed by atoms with Crippen molar-refractivity contribution in [1.29, 1.82) is 0 Å². The van der Waals surface area contributed by atoms with Gasteiger partial charge in [0.2, 0.25) is 0 Å². The molecule has 1 aromatic rings. The van der Waals surface area contributed by atoms with Gasteiger partial charge in [0.1, 0.15) is 23.7 Å². The minimum absolute atomic E-state index is 0.306. The first-order valence-electron chi connectivity index (χ1n) is 5.48. The third-order valence-corrected chi connectivity index (χ3v) is 2.91. The van der Waals surface area contributed by atoms with Gasteiger partial charge in [-0.25, -0.2) is 0 Å². The number of benzene rings is 1. The van der Waals surface area contributed by atoms with E-state index in [9.17, 15) is 0 Å². The first-order valence-corrected chi connectivity index (χ1v) is 5.48. The molecule has 0 aromatic heterocycles. The van der Waals surface area contributed by atoms with E-state index in [-0.39, 0.29) is 0 Å². The van der Waals surface area contributed by atoms with Gasteiger partial charge in [-0.2, -0.15) is 0 Å². The highest BCUT2D eigenvalue weighted by atomic mass is 16.5. The van der Waals surface area contributed by atoms with Crippen LogP contribution in [0.25, 0.3) is 0 Å². The van der Waals surface area contributed by atoms with Gasteiger partial charge in [-0.1, -0.05) is 0 Å². The van der Waals surface area contributed by atoms with Crippen molar-refractivity contribution in [2.75, 3.05) is 13.1 Å². The van der Waals surface area contributed by atoms with E-state index in [0.717, 1.165) is 31.0 Å². The van der Waals surface area contributed by atoms with Gasteiger partial charge in [-0.3, -0.25) is 0 Å². The van der Waals surface area contributed by atoms with Crippen molar-refractivity contribution in [2.24, 2.45) is 0 Å². The molecule has 80 valence electrons. The smallest absolute Gasteiger partial charge is 0.123 e. The molecule has 2 aliphatic rings. The molecule has 1 fully saturated rings. The van der Waals surface area contributed by atoms with Crippen molar-refractivity contribution in [3.05, 3.63) is 23.8 Å². The second-order valence-electron chi connectivity index (χ2n) is 4.30. The topological polar surface area (TPSA) is 30.5 Å². The zero-order chi connectivity index (χ0) is 10.3. The molecule has 0 radical (unpaired) electrons. The van der Waals surface area contributed by atoms with Crippen molar-refractivity contribution in [1.82, 2.24) is 5.32 Å². The molecule has 0 amide bonds. The fourth-order valence-corrected chi connectivity index (χ4v) is 2.01. The van der Waals surface area contributed by atoms with Gasteiger partial charge >= 0.3 is 0 Å². The molecule has 1 atom stereocenters. The quantitative estimate of drug-likeness (QED) is 0.790. The van der Waals surface area contributed by atoms with Crippen molar-refractivity contribution < 1.29 is 9.47 Å². The normalized spacial score (nSPS) is 24.2. The summed E-state index contributed by atoms with van der Waals surface area (Å²) in [4.78, 5) is 0. The molecule has 3 nitrogen and oxygen atoms in total. The second-order valence-corrected chi connectivity index (χ2v) is 4.30. The molecule has 15 heavy (non-hydrogen) atoms. The van der Waals surface area contributed by atoms with Crippen molar-refractivity contribution in [3.8, 4) is 11.5 Å². The van der Waals surface area contributed by atoms with Crippen LogP contribution in [0.1, 0.15) is 12.5 Å². The third kappa shape index (κ3) is 1.67. The van der Waals surface area contributed by atoms with E-state index in [1.54, 1.807) is 0 Å². The monoisotopic (exact) mass is 205 g/mol. The summed E-state index contributed by atoms with van der Waals surface area (Å²) in [5.41, 5.74) is 1.27. The van der Waals surface area contributed by atoms with Crippen LogP contribution in [-0.4, -0.2) is 25.3 Å². The maximum absolute atomic E-state index is 5.79. The van der Waals surface area contributed by atoms with Crippen molar-refractivity contribution >= 4 is 0 Å². The Labute approximate surface area is 89.4 Å². The highest BCUT2D eigenvalue weighted by Gasteiger charge is 2.22. The Morgan fingerprint density at radius 3 is 3.00 bits per heavy atom. The lowest BCUT2D eigenvalue weighted by Gasteiger charge is -2.27. The summed E-state index contributed by atoms with van der Waals surface area (Å²) in [5.74, 6) is 1.99. The Balaban J connectivity index is 1.77. The van der Waals surface area contributed by atoms with Gasteiger partial charge in [-0.05, 0) is 25.1 Å². The maximum Gasteiger partial charge on any atom is 0.123 e. The van der Waals surface area contributed by atoms with Gasteiger partial charge in [0, 0.05) is 25.1 Å². The minimum atomic E-state index is 0.306. The van der Waals surface area contributed by atoms with Crippen LogP contribution in [0.4, 0.5) is 0 Å². The van der Waals surface area contributed by atoms with Crippen LogP contribution in [0.15, 0.2) is 18.2 Å². The summed E-state index contributed by atoms with van der Waals surface area (Å²) in [6.07, 6.45) is 1.65. The number of hydrogen-bond donors (Lipinski definition) is 1. The summed E-state index contributed by atoms with van der Waals surface area (Å²) >= 11 is 0. The Hall–Kier alpha value is -1.22. The van der Waals surface area contributed by atoms with Crippen LogP contribution in [0, 0.1) is 0 Å². The number of rotatable bonds is 2. The lowest BCUT2D eigenvalue weighted by Crippen LogP contribution is -2.50. The Morgan fingerprint density at radius 1 is 1.40 bits per heavy atom. The van der Waals surface area contributed by atoms with Crippen LogP contribution in [0.5, 0.6) is 11.5 Å². The third-order valence-electron chi connectivity index (χ3n) is 2.91. The number of hydrogen-bond acceptors (Lipinski definition) is 3. The first kappa shape index (κ1) is 9.04. The molecule has 3 heteroatoms. The molecule has 0 saturated carbocycles. The fourth-order valence-electron chi connectivity index (χ4n) is 2.01. The number of nitrogens with one attached hydrogen (secondary N) is 1. The SMILES string of the molecule is CC1Cc2cc(OC3CNC3)ccc2O1. The molecule has 0 aliphatic carbocycles. The average Bonchev–Trinajstić information content (AvgIpc) is 2.50. The van der Waals surface area contributed by atoms with E-state index in [1.807, 2.05) is 12.1 Å². The van der Waals surface area contributed by atoms with Crippen molar-refractivity contribution in [3.63, 3.8) is 0 Å². The van der Waals surface area contributed by atoms with Crippen LogP contribution in [-0.2, 0) is 6.42 Å². The van der Waals surface area contributed by atoms with Gasteiger partial charge in [0.05, 0.1) is 0 Å². The molecule has 2 aliphatic heterocycles. The zero-order valence-electron chi connectivity index (χ0n) is 8.82. The van der Waals surface area contributed by atoms with Gasteiger partial charge in [0.15, 0.2) is 0 Å². The van der Waals surface area contributed by atoms with E-state index < -0.39 is 0 Å². The Bertz CT molecular complexity index is 374. The number of fused-ring (bicyclic) bond motifs is 1. The highest BCUT2D eigenvalue weighted by Crippen LogP contribution is 2.32. The molecule has 1 aromatic carbocycles. The molecule has 3 rings (SSSR count). The van der Waals surface area contributed by atoms with E-state index in [0.29, 0.717) is 12.2 Å². The standard InChI is InChI=1S/C12H15NO2/c1-8-4-9-5-10(2-3-12(9)14-8)15-11-6-13-7-11/h2-3,5,8,11,13H,4,6-7H2,1H3. The molecule has 1 N–H and O–H groups in total. The molecule has 0 spiro atoms. The number of ether oxygens (including phenoxy) is 2. The molecule has 0 bridgehead atoms. The fraction of sp³-hybridized carbons (Fsp3) is 0.500. The summed E-state index contributed by atoms with van der Waals surface area (Å²) in [6, 6.07) is 6.12. The van der Waals surface area contributed by atoms with E-state index >= 15 is 0 Å². The lowest BCUT2D eigenvalue weighted by atomic mass is 10.1. The predicted octanol–water partition coefficient (Wildman–Crippen LogP) is 1.36. The van der Waals surface area contributed by atoms with Crippen LogP contribution in [0.3, 0.4) is 0 Å². The maximum atomic E-state index is 5.79. The lowest BCUT2D eigenvalue weighted by molar-refractivity contribution is 0.142. The van der Waals surface area contributed by atoms with Crippen LogP contribution >= 0.6 is 0 Å². The van der Waals surface area contributed by atoms with E-state index in [4.69, 9.17) is 9.47 Å². The van der Waals surface area contributed by atoms with Crippen molar-refractivity contribution in [2.45, 2.75) is 25.6 Å². The summed E-state index contributed by atoms with van der Waals surface area (Å²) < 4.78 is 11.4. The molecular formula is C12H15NO2. The summed E-state index contributed by atoms with van der Waals surface area (Å²) in [7, 11) is 0. The Kier molecular flexibility index (Phi) is 2.06. The first-order chi connectivity index (χ1) is 7.31. The minimum Gasteiger partial charge on any atom is -0.490 e. The van der Waals surface area contributed by atoms with Gasteiger partial charge < -0.3 is 14.8 Å². The predicted molar refractivity (Wildman–Crippen MR) is 57.5 cm³/mol. The largest absolute Gasteiger partial charge is 0.490 e. The molecule has 1 saturated heterocycles. The second kappa shape index (κ2) is 3.42. The van der Waals surface area contributed by atoms with Crippen LogP contribution < -0.4 is 14.8 Å². The van der Waals surface area contributed by atoms with E-state index in [1.165, 1.54) is 5.56 Å². The van der Waals surface area contributed by atoms with Gasteiger partial charge in [0.25, 0.3) is 0 Å². The Morgan fingerprint density at radius 2 is 2.27 bits per heavy atom. The van der Waals surface area contributed by atoms with E-state index in [2.05, 4.69) is 18.3 Å². The summed E-state index contributed by atoms with van der Waals surface area (Å²) in [6.45, 7) is 4.02. The zero-order valence-corrected chi connectivity index (χ0v) is 8.82. The summed E-state index contributed by atoms with van der Waals surface area (Å²) in [5, 5.41) is 3.19. The highest BCUT2D eigenvalue weighted by molar-refractivity contribution is 5.43. The molecular weight excluding hydrogens is 190 g/mol. The van der Waals surface area contributed by atoms with Gasteiger partial charge in [-0.15, -0.1) is 0 Å². The van der Waals surface area contributed by atoms with Crippen LogP contribution in [0.2, 0.25) is 0 Å². The average molecular weight is 205 g/mol. The molecule has 2 heterocycles.